The van der Waals surface area contributed by atoms with E-state index in [1.54, 1.807) is 0 Å². The Morgan fingerprint density at radius 3 is 2.18 bits per heavy atom. The fourth-order valence-corrected chi connectivity index (χ4v) is 0.529. The van der Waals surface area contributed by atoms with Crippen LogP contribution in [0.5, 0.6) is 0 Å². The molecule has 11 heavy (non-hydrogen) atoms. The molecule has 0 bridgehead atoms. The van der Waals surface area contributed by atoms with E-state index in [1.807, 2.05) is 0 Å². The number of carbonyl (C=O) groups is 3. The summed E-state index contributed by atoms with van der Waals surface area (Å²) in [6.45, 7) is 0. The molecule has 0 aliphatic heterocycles. The average molecular weight is 160 g/mol. The molecule has 62 valence electrons. The molecule has 0 aromatic carbocycles. The van der Waals surface area contributed by atoms with Gasteiger partial charge in [-0.1, -0.05) is 0 Å². The van der Waals surface area contributed by atoms with Crippen LogP contribution in [0.15, 0.2) is 0 Å². The van der Waals surface area contributed by atoms with Crippen LogP contribution in [0.4, 0.5) is 0 Å². The molecule has 0 saturated carbocycles. The van der Waals surface area contributed by atoms with E-state index in [4.69, 9.17) is 10.2 Å². The molecule has 0 saturated heterocycles. The quantitative estimate of drug-likeness (QED) is 0.427. The second kappa shape index (κ2) is 4.43. The van der Waals surface area contributed by atoms with Crippen LogP contribution in [0.3, 0.4) is 0 Å². The number of carboxylic acids is 2. The van der Waals surface area contributed by atoms with E-state index in [0.717, 1.165) is 0 Å². The summed E-state index contributed by atoms with van der Waals surface area (Å²) in [5.41, 5.74) is 0. The zero-order valence-corrected chi connectivity index (χ0v) is 5.69. The Hall–Kier alpha value is -1.39. The third-order valence-corrected chi connectivity index (χ3v) is 1.15. The first-order chi connectivity index (χ1) is 5.07. The summed E-state index contributed by atoms with van der Waals surface area (Å²) in [6.07, 6.45) is -0.199. The van der Waals surface area contributed by atoms with Crippen molar-refractivity contribution in [3.05, 3.63) is 0 Å². The molecule has 0 fully saturated rings. The van der Waals surface area contributed by atoms with Gasteiger partial charge in [0.2, 0.25) is 0 Å². The lowest BCUT2D eigenvalue weighted by Gasteiger charge is -1.99. The van der Waals surface area contributed by atoms with Crippen LogP contribution in [-0.4, -0.2) is 28.4 Å². The highest BCUT2D eigenvalue weighted by atomic mass is 16.4. The summed E-state index contributed by atoms with van der Waals surface area (Å²) in [7, 11) is 0. The Kier molecular flexibility index (Phi) is 3.87. The monoisotopic (exact) mass is 160 g/mol. The van der Waals surface area contributed by atoms with Gasteiger partial charge in [-0.3, -0.25) is 9.59 Å². The Balaban J connectivity index is 3.79. The zero-order chi connectivity index (χ0) is 8.85. The molecule has 0 amide bonds. The normalized spacial score (nSPS) is 12.0. The smallest absolute Gasteiger partial charge is 0.313 e. The van der Waals surface area contributed by atoms with Crippen LogP contribution >= 0.6 is 0 Å². The van der Waals surface area contributed by atoms with Gasteiger partial charge in [0.1, 0.15) is 12.2 Å². The number of hydrogen-bond acceptors (Lipinski definition) is 3. The predicted molar refractivity (Wildman–Crippen MR) is 34.1 cm³/mol. The number of rotatable bonds is 5. The summed E-state index contributed by atoms with van der Waals surface area (Å²) in [5, 5.41) is 16.4. The molecule has 0 aromatic heterocycles. The zero-order valence-electron chi connectivity index (χ0n) is 5.69. The van der Waals surface area contributed by atoms with Crippen LogP contribution in [0.25, 0.3) is 0 Å². The first-order valence-electron chi connectivity index (χ1n) is 2.97. The largest absolute Gasteiger partial charge is 0.481 e. The highest BCUT2D eigenvalue weighted by Gasteiger charge is 2.16. The van der Waals surface area contributed by atoms with Crippen molar-refractivity contribution in [1.82, 2.24) is 0 Å². The minimum absolute atomic E-state index is 0.145. The van der Waals surface area contributed by atoms with Gasteiger partial charge in [0.15, 0.2) is 0 Å². The van der Waals surface area contributed by atoms with Crippen molar-refractivity contribution < 1.29 is 24.6 Å². The van der Waals surface area contributed by atoms with Crippen LogP contribution in [0.1, 0.15) is 12.8 Å². The van der Waals surface area contributed by atoms with Crippen LogP contribution in [-0.2, 0) is 14.4 Å². The van der Waals surface area contributed by atoms with Crippen molar-refractivity contribution in [3.8, 4) is 0 Å². The molecule has 0 spiro atoms. The summed E-state index contributed by atoms with van der Waals surface area (Å²) in [5.74, 6) is -3.56. The van der Waals surface area contributed by atoms with Crippen molar-refractivity contribution >= 4 is 18.2 Å². The van der Waals surface area contributed by atoms with Crippen LogP contribution < -0.4 is 0 Å². The van der Waals surface area contributed by atoms with Gasteiger partial charge in [0, 0.05) is 6.42 Å². The van der Waals surface area contributed by atoms with Crippen molar-refractivity contribution in [2.75, 3.05) is 0 Å². The predicted octanol–water partition coefficient (Wildman–Crippen LogP) is -0.249. The van der Waals surface area contributed by atoms with Gasteiger partial charge in [0.05, 0.1) is 0 Å². The van der Waals surface area contributed by atoms with Gasteiger partial charge in [-0.25, -0.2) is 0 Å². The number of carboxylic acid groups (broad SMARTS) is 2. The number of aldehydes is 1. The van der Waals surface area contributed by atoms with E-state index >= 15 is 0 Å². The average Bonchev–Trinajstić information content (AvgIpc) is 1.87. The molecule has 0 rings (SSSR count). The molecule has 5 heteroatoms. The van der Waals surface area contributed by atoms with Crippen molar-refractivity contribution in [2.24, 2.45) is 5.92 Å². The van der Waals surface area contributed by atoms with Crippen molar-refractivity contribution in [1.29, 1.82) is 0 Å². The Labute approximate surface area is 62.6 Å². The molecule has 0 heterocycles. The molecule has 1 atom stereocenters. The summed E-state index contributed by atoms with van der Waals surface area (Å²) in [4.78, 5) is 30.0. The van der Waals surface area contributed by atoms with Crippen molar-refractivity contribution in [3.63, 3.8) is 0 Å². The Morgan fingerprint density at radius 1 is 1.36 bits per heavy atom. The minimum atomic E-state index is -1.28. The lowest BCUT2D eigenvalue weighted by molar-refractivity contribution is -0.144. The maximum Gasteiger partial charge on any atom is 0.313 e. The van der Waals surface area contributed by atoms with Gasteiger partial charge in [-0.2, -0.15) is 0 Å². The Bertz CT molecular complexity index is 174. The first-order valence-corrected chi connectivity index (χ1v) is 2.97. The molecular formula is C6H8O5. The number of hydrogen-bond donors (Lipinski definition) is 2. The lowest BCUT2D eigenvalue weighted by Crippen LogP contribution is -2.16. The van der Waals surface area contributed by atoms with E-state index in [0.29, 0.717) is 0 Å². The molecular weight excluding hydrogens is 152 g/mol. The summed E-state index contributed by atoms with van der Waals surface area (Å²) < 4.78 is 0. The van der Waals surface area contributed by atoms with Gasteiger partial charge in [0.25, 0.3) is 0 Å². The molecule has 5 nitrogen and oxygen atoms in total. The number of carbonyl (C=O) groups excluding carboxylic acids is 1. The van der Waals surface area contributed by atoms with Gasteiger partial charge in [-0.05, 0) is 6.42 Å². The van der Waals surface area contributed by atoms with Crippen molar-refractivity contribution in [2.45, 2.75) is 12.8 Å². The minimum Gasteiger partial charge on any atom is -0.481 e. The molecule has 1 unspecified atom stereocenters. The highest BCUT2D eigenvalue weighted by Crippen LogP contribution is 2.02. The maximum atomic E-state index is 10.1. The van der Waals surface area contributed by atoms with E-state index in [1.165, 1.54) is 0 Å². The van der Waals surface area contributed by atoms with Gasteiger partial charge in [-0.15, -0.1) is 0 Å². The Morgan fingerprint density at radius 2 is 1.91 bits per heavy atom. The van der Waals surface area contributed by atoms with Gasteiger partial charge >= 0.3 is 11.9 Å². The fraction of sp³-hybridized carbons (Fsp3) is 0.500. The standard InChI is InChI=1S/C6H8O5/c7-3-4(6(10)11)1-2-5(8)9/h3-4H,1-2H2,(H,8,9)(H,10,11). The molecule has 0 aliphatic carbocycles. The molecule has 0 aromatic rings. The summed E-state index contributed by atoms with van der Waals surface area (Å²) in [6, 6.07) is 0. The third-order valence-electron chi connectivity index (χ3n) is 1.15. The topological polar surface area (TPSA) is 91.7 Å². The van der Waals surface area contributed by atoms with E-state index in [2.05, 4.69) is 0 Å². The second-order valence-corrected chi connectivity index (χ2v) is 2.01. The van der Waals surface area contributed by atoms with Crippen LogP contribution in [0.2, 0.25) is 0 Å². The molecule has 0 radical (unpaired) electrons. The van der Waals surface area contributed by atoms with E-state index in [-0.39, 0.29) is 19.1 Å². The third kappa shape index (κ3) is 4.07. The highest BCUT2D eigenvalue weighted by molar-refractivity contribution is 5.86. The van der Waals surface area contributed by atoms with Gasteiger partial charge < -0.3 is 15.0 Å². The molecule has 2 N–H and O–H groups in total. The second-order valence-electron chi connectivity index (χ2n) is 2.01. The SMILES string of the molecule is O=CC(CCC(=O)O)C(=O)O. The lowest BCUT2D eigenvalue weighted by atomic mass is 10.1. The summed E-state index contributed by atoms with van der Waals surface area (Å²) >= 11 is 0. The first kappa shape index (κ1) is 9.61. The maximum absolute atomic E-state index is 10.1. The van der Waals surface area contributed by atoms with E-state index < -0.39 is 17.9 Å². The van der Waals surface area contributed by atoms with E-state index in [9.17, 15) is 14.4 Å². The van der Waals surface area contributed by atoms with Crippen LogP contribution in [0, 0.1) is 5.92 Å². The number of aliphatic carboxylic acids is 2. The fourth-order valence-electron chi connectivity index (χ4n) is 0.529. The molecule has 0 aliphatic rings.